The first-order chi connectivity index (χ1) is 14.1. The monoisotopic (exact) mass is 400 g/mol. The van der Waals surface area contributed by atoms with Crippen molar-refractivity contribution >= 4 is 11.9 Å². The summed E-state index contributed by atoms with van der Waals surface area (Å²) in [4.78, 5) is 14.4. The number of benzene rings is 1. The zero-order chi connectivity index (χ0) is 19.8. The van der Waals surface area contributed by atoms with Gasteiger partial charge in [0.25, 0.3) is 0 Å². The average molecular weight is 400 g/mol. The molecule has 1 aliphatic carbocycles. The summed E-state index contributed by atoms with van der Waals surface area (Å²) in [5.41, 5.74) is 0.849. The first-order valence-electron chi connectivity index (χ1n) is 10.1. The van der Waals surface area contributed by atoms with E-state index in [9.17, 15) is 9.90 Å². The number of hydrogen-bond donors (Lipinski definition) is 2. The van der Waals surface area contributed by atoms with E-state index in [1.807, 2.05) is 23.1 Å². The number of amides is 1. The molecule has 5 rings (SSSR count). The Bertz CT molecular complexity index is 897. The van der Waals surface area contributed by atoms with Crippen molar-refractivity contribution in [1.82, 2.24) is 15.5 Å². The number of nitrogens with one attached hydrogen (secondary N) is 1. The zero-order valence-electron chi connectivity index (χ0n) is 16.0. The Morgan fingerprint density at radius 2 is 2.07 bits per heavy atom. The fourth-order valence-corrected chi connectivity index (χ4v) is 4.02. The van der Waals surface area contributed by atoms with Gasteiger partial charge in [-0.05, 0) is 37.0 Å². The van der Waals surface area contributed by atoms with Gasteiger partial charge in [0, 0.05) is 25.0 Å². The molecule has 9 nitrogen and oxygen atoms in total. The summed E-state index contributed by atoms with van der Waals surface area (Å²) in [6, 6.07) is 5.71. The van der Waals surface area contributed by atoms with E-state index in [2.05, 4.69) is 15.5 Å². The molecule has 2 aliphatic heterocycles. The molecule has 2 N–H and O–H groups in total. The van der Waals surface area contributed by atoms with E-state index in [4.69, 9.17) is 13.9 Å². The number of ether oxygens (including phenoxy) is 2. The molecular formula is C20H24N4O5. The summed E-state index contributed by atoms with van der Waals surface area (Å²) >= 11 is 0. The van der Waals surface area contributed by atoms with Crippen molar-refractivity contribution in [3.05, 3.63) is 29.7 Å². The number of carbonyl (C=O) groups excluding carboxylic acids is 1. The quantitative estimate of drug-likeness (QED) is 0.774. The van der Waals surface area contributed by atoms with Crippen LogP contribution in [0.4, 0.5) is 6.01 Å². The van der Waals surface area contributed by atoms with Gasteiger partial charge in [-0.15, -0.1) is 5.10 Å². The number of aliphatic hydroxyl groups is 1. The number of rotatable bonds is 5. The predicted octanol–water partition coefficient (Wildman–Crippen LogP) is 1.36. The van der Waals surface area contributed by atoms with E-state index in [0.717, 1.165) is 18.4 Å². The van der Waals surface area contributed by atoms with Gasteiger partial charge >= 0.3 is 6.01 Å². The number of β-amino-alcohol motifs (C(OH)–C–C–N with tert-alkyl or cyclic N) is 1. The standard InChI is InChI=1S/C20H24N4O5/c25-15-8-14(9-24(10-15)20-23-22-19(29-20)13-2-1-3-13)21-18(26)7-12-4-5-16-17(6-12)28-11-27-16/h4-6,13-15,25H,1-3,7-11H2,(H,21,26)/t14-,15+/m0/s1. The molecule has 29 heavy (non-hydrogen) atoms. The maximum absolute atomic E-state index is 12.5. The second-order valence-corrected chi connectivity index (χ2v) is 7.97. The van der Waals surface area contributed by atoms with Gasteiger partial charge in [-0.3, -0.25) is 4.79 Å². The lowest BCUT2D eigenvalue weighted by Gasteiger charge is -2.34. The minimum atomic E-state index is -0.571. The van der Waals surface area contributed by atoms with Crippen molar-refractivity contribution in [3.63, 3.8) is 0 Å². The summed E-state index contributed by atoms with van der Waals surface area (Å²) in [6.45, 7) is 1.15. The van der Waals surface area contributed by atoms with E-state index in [1.54, 1.807) is 0 Å². The molecule has 9 heteroatoms. The number of nitrogens with zero attached hydrogens (tertiary/aromatic N) is 3. The van der Waals surface area contributed by atoms with E-state index < -0.39 is 6.10 Å². The van der Waals surface area contributed by atoms with E-state index in [-0.39, 0.29) is 25.2 Å². The Morgan fingerprint density at radius 3 is 2.90 bits per heavy atom. The van der Waals surface area contributed by atoms with Crippen molar-refractivity contribution in [2.45, 2.75) is 50.2 Å². The van der Waals surface area contributed by atoms with Crippen LogP contribution in [0.1, 0.15) is 43.1 Å². The molecule has 2 atom stereocenters. The molecule has 1 saturated carbocycles. The molecule has 154 valence electrons. The van der Waals surface area contributed by atoms with E-state index >= 15 is 0 Å². The van der Waals surface area contributed by atoms with E-state index in [1.165, 1.54) is 6.42 Å². The topological polar surface area (TPSA) is 110 Å². The third-order valence-electron chi connectivity index (χ3n) is 5.75. The molecule has 3 aliphatic rings. The summed E-state index contributed by atoms with van der Waals surface area (Å²) in [6.07, 6.45) is 3.52. The maximum atomic E-state index is 12.5. The normalized spacial score (nSPS) is 23.7. The Hall–Kier alpha value is -2.81. The van der Waals surface area contributed by atoms with Gasteiger partial charge in [0.15, 0.2) is 11.5 Å². The molecule has 1 aromatic carbocycles. The van der Waals surface area contributed by atoms with Crippen LogP contribution in [0.2, 0.25) is 0 Å². The highest BCUT2D eigenvalue weighted by Crippen LogP contribution is 2.36. The SMILES string of the molecule is O=C(Cc1ccc2c(c1)OCO2)N[C@H]1C[C@@H](O)CN(c2nnc(C3CCC3)o2)C1. The lowest BCUT2D eigenvalue weighted by Crippen LogP contribution is -2.53. The van der Waals surface area contributed by atoms with Crippen LogP contribution in [-0.4, -0.2) is 53.2 Å². The number of aromatic nitrogens is 2. The second-order valence-electron chi connectivity index (χ2n) is 7.97. The molecule has 0 radical (unpaired) electrons. The molecule has 0 bridgehead atoms. The minimum Gasteiger partial charge on any atom is -0.454 e. The van der Waals surface area contributed by atoms with Crippen molar-refractivity contribution < 1.29 is 23.8 Å². The molecule has 3 heterocycles. The number of hydrogen-bond acceptors (Lipinski definition) is 8. The van der Waals surface area contributed by atoms with Crippen molar-refractivity contribution in [2.24, 2.45) is 0 Å². The van der Waals surface area contributed by atoms with Crippen LogP contribution in [0.3, 0.4) is 0 Å². The van der Waals surface area contributed by atoms with E-state index in [0.29, 0.717) is 48.8 Å². The number of fused-ring (bicyclic) bond motifs is 1. The summed E-state index contributed by atoms with van der Waals surface area (Å²) in [5.74, 6) is 2.29. The van der Waals surface area contributed by atoms with Crippen molar-refractivity contribution in [2.75, 3.05) is 24.8 Å². The maximum Gasteiger partial charge on any atom is 0.318 e. The molecule has 1 amide bonds. The van der Waals surface area contributed by atoms with Gasteiger partial charge in [0.2, 0.25) is 18.6 Å². The van der Waals surface area contributed by atoms with Gasteiger partial charge in [-0.25, -0.2) is 0 Å². The smallest absolute Gasteiger partial charge is 0.318 e. The number of anilines is 1. The predicted molar refractivity (Wildman–Crippen MR) is 102 cm³/mol. The largest absolute Gasteiger partial charge is 0.454 e. The molecule has 1 aromatic heterocycles. The Balaban J connectivity index is 1.20. The lowest BCUT2D eigenvalue weighted by molar-refractivity contribution is -0.121. The molecule has 1 saturated heterocycles. The first kappa shape index (κ1) is 18.2. The van der Waals surface area contributed by atoms with Gasteiger partial charge < -0.3 is 29.2 Å². The van der Waals surface area contributed by atoms with Crippen LogP contribution in [-0.2, 0) is 11.2 Å². The number of piperidine rings is 1. The van der Waals surface area contributed by atoms with Crippen LogP contribution >= 0.6 is 0 Å². The van der Waals surface area contributed by atoms with Crippen LogP contribution in [0, 0.1) is 0 Å². The molecular weight excluding hydrogens is 376 g/mol. The fourth-order valence-electron chi connectivity index (χ4n) is 4.02. The van der Waals surface area contributed by atoms with Gasteiger partial charge in [-0.2, -0.15) is 0 Å². The highest BCUT2D eigenvalue weighted by atomic mass is 16.7. The average Bonchev–Trinajstić information content (AvgIpc) is 3.28. The van der Waals surface area contributed by atoms with Gasteiger partial charge in [-0.1, -0.05) is 17.6 Å². The first-order valence-corrected chi connectivity index (χ1v) is 10.1. The number of aliphatic hydroxyl groups excluding tert-OH is 1. The molecule has 0 unspecified atom stereocenters. The minimum absolute atomic E-state index is 0.108. The molecule has 2 aromatic rings. The van der Waals surface area contributed by atoms with Crippen LogP contribution in [0.15, 0.2) is 22.6 Å². The van der Waals surface area contributed by atoms with Gasteiger partial charge in [0.05, 0.1) is 12.5 Å². The van der Waals surface area contributed by atoms with Crippen molar-refractivity contribution in [1.29, 1.82) is 0 Å². The zero-order valence-corrected chi connectivity index (χ0v) is 16.0. The van der Waals surface area contributed by atoms with Crippen LogP contribution in [0.25, 0.3) is 0 Å². The lowest BCUT2D eigenvalue weighted by atomic mass is 9.85. The highest BCUT2D eigenvalue weighted by Gasteiger charge is 2.32. The molecule has 2 fully saturated rings. The third kappa shape index (κ3) is 3.87. The Labute approximate surface area is 168 Å². The summed E-state index contributed by atoms with van der Waals surface area (Å²) < 4.78 is 16.5. The van der Waals surface area contributed by atoms with Crippen molar-refractivity contribution in [3.8, 4) is 11.5 Å². The van der Waals surface area contributed by atoms with Crippen LogP contribution < -0.4 is 19.7 Å². The fraction of sp³-hybridized carbons (Fsp3) is 0.550. The Kier molecular flexibility index (Phi) is 4.75. The van der Waals surface area contributed by atoms with Crippen LogP contribution in [0.5, 0.6) is 11.5 Å². The third-order valence-corrected chi connectivity index (χ3v) is 5.75. The Morgan fingerprint density at radius 1 is 1.21 bits per heavy atom. The van der Waals surface area contributed by atoms with Gasteiger partial charge in [0.1, 0.15) is 0 Å². The summed E-state index contributed by atoms with van der Waals surface area (Å²) in [7, 11) is 0. The summed E-state index contributed by atoms with van der Waals surface area (Å²) in [5, 5.41) is 21.6. The second kappa shape index (κ2) is 7.55. The highest BCUT2D eigenvalue weighted by molar-refractivity contribution is 5.79. The molecule has 0 spiro atoms. The number of carbonyl (C=O) groups is 1.